The minimum Gasteiger partial charge on any atom is -0.350 e. The molecule has 0 saturated carbocycles. The van der Waals surface area contributed by atoms with Crippen LogP contribution >= 0.6 is 0 Å². The van der Waals surface area contributed by atoms with E-state index in [0.717, 1.165) is 29.8 Å². The Morgan fingerprint density at radius 1 is 1.11 bits per heavy atom. The number of aryl methyl sites for hydroxylation is 2. The highest BCUT2D eigenvalue weighted by Crippen LogP contribution is 2.21. The lowest BCUT2D eigenvalue weighted by molar-refractivity contribution is -0.121. The number of benzene rings is 1. The zero-order valence-corrected chi connectivity index (χ0v) is 16.3. The van der Waals surface area contributed by atoms with E-state index < -0.39 is 10.0 Å². The van der Waals surface area contributed by atoms with E-state index in [1.807, 2.05) is 25.1 Å². The topological polar surface area (TPSA) is 79.4 Å². The van der Waals surface area contributed by atoms with Crippen molar-refractivity contribution in [1.82, 2.24) is 14.6 Å². The molecule has 0 bridgehead atoms. The highest BCUT2D eigenvalue weighted by Gasteiger charge is 2.26. The van der Waals surface area contributed by atoms with E-state index in [0.29, 0.717) is 37.4 Å². The highest BCUT2D eigenvalue weighted by molar-refractivity contribution is 7.89. The number of nitrogens with one attached hydrogen (secondary N) is 1. The molecule has 7 heteroatoms. The van der Waals surface area contributed by atoms with Crippen LogP contribution in [0, 0.1) is 6.92 Å². The molecule has 2 heterocycles. The van der Waals surface area contributed by atoms with Crippen molar-refractivity contribution in [2.45, 2.75) is 44.0 Å². The standard InChI is InChI=1S/C20H25N3O3S/c1-16-5-4-6-18(22-16)15-21-20(24)12-9-17-7-10-19(11-8-17)27(25,26)23-13-2-3-14-23/h4-8,10-11H,2-3,9,12-15H2,1H3,(H,21,24). The summed E-state index contributed by atoms with van der Waals surface area (Å²) in [4.78, 5) is 16.7. The van der Waals surface area contributed by atoms with Gasteiger partial charge in [0.2, 0.25) is 15.9 Å². The first-order chi connectivity index (χ1) is 12.9. The second-order valence-electron chi connectivity index (χ2n) is 6.80. The van der Waals surface area contributed by atoms with Crippen LogP contribution in [0.1, 0.15) is 36.2 Å². The fourth-order valence-electron chi connectivity index (χ4n) is 3.14. The van der Waals surface area contributed by atoms with Crippen LogP contribution in [-0.2, 0) is 27.8 Å². The Kier molecular flexibility index (Phi) is 6.23. The van der Waals surface area contributed by atoms with Crippen LogP contribution < -0.4 is 5.32 Å². The minimum absolute atomic E-state index is 0.0490. The van der Waals surface area contributed by atoms with Gasteiger partial charge in [0, 0.05) is 25.2 Å². The fraction of sp³-hybridized carbons (Fsp3) is 0.400. The second kappa shape index (κ2) is 8.63. The molecule has 1 aromatic carbocycles. The largest absolute Gasteiger partial charge is 0.350 e. The molecule has 1 saturated heterocycles. The van der Waals surface area contributed by atoms with E-state index >= 15 is 0 Å². The van der Waals surface area contributed by atoms with Gasteiger partial charge in [-0.2, -0.15) is 4.31 Å². The number of carbonyl (C=O) groups is 1. The van der Waals surface area contributed by atoms with Gasteiger partial charge in [0.25, 0.3) is 0 Å². The van der Waals surface area contributed by atoms with E-state index in [4.69, 9.17) is 0 Å². The van der Waals surface area contributed by atoms with Crippen molar-refractivity contribution in [2.75, 3.05) is 13.1 Å². The molecule has 1 aromatic heterocycles. The van der Waals surface area contributed by atoms with E-state index in [1.165, 1.54) is 4.31 Å². The zero-order valence-electron chi connectivity index (χ0n) is 15.5. The zero-order chi connectivity index (χ0) is 19.3. The second-order valence-corrected chi connectivity index (χ2v) is 8.74. The van der Waals surface area contributed by atoms with Crippen molar-refractivity contribution < 1.29 is 13.2 Å². The summed E-state index contributed by atoms with van der Waals surface area (Å²) in [5.41, 5.74) is 2.70. The SMILES string of the molecule is Cc1cccc(CNC(=O)CCc2ccc(S(=O)(=O)N3CCCC3)cc2)n1. The molecule has 1 amide bonds. The number of hydrogen-bond acceptors (Lipinski definition) is 4. The molecule has 0 atom stereocenters. The summed E-state index contributed by atoms with van der Waals surface area (Å²) in [6.07, 6.45) is 2.76. The number of carbonyl (C=O) groups excluding carboxylic acids is 1. The quantitative estimate of drug-likeness (QED) is 0.791. The Morgan fingerprint density at radius 3 is 2.48 bits per heavy atom. The lowest BCUT2D eigenvalue weighted by Crippen LogP contribution is -2.27. The molecule has 27 heavy (non-hydrogen) atoms. The smallest absolute Gasteiger partial charge is 0.243 e. The highest BCUT2D eigenvalue weighted by atomic mass is 32.2. The van der Waals surface area contributed by atoms with Crippen molar-refractivity contribution in [3.8, 4) is 0 Å². The predicted octanol–water partition coefficient (Wildman–Crippen LogP) is 2.42. The molecule has 1 N–H and O–H groups in total. The van der Waals surface area contributed by atoms with Gasteiger partial charge in [0.1, 0.15) is 0 Å². The molecule has 1 fully saturated rings. The lowest BCUT2D eigenvalue weighted by atomic mass is 10.1. The van der Waals surface area contributed by atoms with Crippen LogP contribution in [0.25, 0.3) is 0 Å². The number of hydrogen-bond donors (Lipinski definition) is 1. The Balaban J connectivity index is 1.50. The van der Waals surface area contributed by atoms with Crippen molar-refractivity contribution in [1.29, 1.82) is 0 Å². The summed E-state index contributed by atoms with van der Waals surface area (Å²) < 4.78 is 26.6. The van der Waals surface area contributed by atoms with Crippen LogP contribution in [0.3, 0.4) is 0 Å². The number of sulfonamides is 1. The van der Waals surface area contributed by atoms with Crippen LogP contribution in [0.4, 0.5) is 0 Å². The Morgan fingerprint density at radius 2 is 1.81 bits per heavy atom. The first-order valence-corrected chi connectivity index (χ1v) is 10.7. The summed E-state index contributed by atoms with van der Waals surface area (Å²) in [5, 5.41) is 2.87. The van der Waals surface area contributed by atoms with Crippen molar-refractivity contribution in [2.24, 2.45) is 0 Å². The third-order valence-corrected chi connectivity index (χ3v) is 6.59. The summed E-state index contributed by atoms with van der Waals surface area (Å²) in [6.45, 7) is 3.52. The molecular weight excluding hydrogens is 362 g/mol. The number of pyridine rings is 1. The van der Waals surface area contributed by atoms with Crippen LogP contribution in [0.5, 0.6) is 0 Å². The van der Waals surface area contributed by atoms with E-state index in [-0.39, 0.29) is 5.91 Å². The maximum atomic E-state index is 12.5. The summed E-state index contributed by atoms with van der Waals surface area (Å²) >= 11 is 0. The fourth-order valence-corrected chi connectivity index (χ4v) is 4.66. The summed E-state index contributed by atoms with van der Waals surface area (Å²) in [7, 11) is -3.38. The maximum Gasteiger partial charge on any atom is 0.243 e. The van der Waals surface area contributed by atoms with Crippen LogP contribution in [-0.4, -0.2) is 36.7 Å². The Labute approximate surface area is 160 Å². The number of aromatic nitrogens is 1. The third-order valence-electron chi connectivity index (χ3n) is 4.68. The van der Waals surface area contributed by atoms with Gasteiger partial charge in [-0.25, -0.2) is 8.42 Å². The van der Waals surface area contributed by atoms with Gasteiger partial charge in [0.05, 0.1) is 17.1 Å². The molecule has 1 aliphatic rings. The van der Waals surface area contributed by atoms with Gasteiger partial charge in [-0.3, -0.25) is 9.78 Å². The monoisotopic (exact) mass is 387 g/mol. The molecule has 0 spiro atoms. The molecule has 144 valence electrons. The van der Waals surface area contributed by atoms with Crippen molar-refractivity contribution >= 4 is 15.9 Å². The maximum absolute atomic E-state index is 12.5. The van der Waals surface area contributed by atoms with Gasteiger partial charge in [-0.1, -0.05) is 18.2 Å². The predicted molar refractivity (Wildman–Crippen MR) is 104 cm³/mol. The van der Waals surface area contributed by atoms with Gasteiger partial charge in [-0.15, -0.1) is 0 Å². The average Bonchev–Trinajstić information content (AvgIpc) is 3.21. The minimum atomic E-state index is -3.38. The van der Waals surface area contributed by atoms with Crippen LogP contribution in [0.15, 0.2) is 47.4 Å². The van der Waals surface area contributed by atoms with Gasteiger partial charge >= 0.3 is 0 Å². The Bertz CT molecular complexity index is 889. The molecule has 0 radical (unpaired) electrons. The summed E-state index contributed by atoms with van der Waals surface area (Å²) in [5.74, 6) is -0.0490. The van der Waals surface area contributed by atoms with Crippen molar-refractivity contribution in [3.05, 3.63) is 59.4 Å². The number of amides is 1. The van der Waals surface area contributed by atoms with Gasteiger partial charge in [-0.05, 0) is 56.0 Å². The molecular formula is C20H25N3O3S. The third kappa shape index (κ3) is 5.14. The van der Waals surface area contributed by atoms with Crippen molar-refractivity contribution in [3.63, 3.8) is 0 Å². The Hall–Kier alpha value is -2.25. The van der Waals surface area contributed by atoms with Crippen LogP contribution in [0.2, 0.25) is 0 Å². The number of nitrogens with zero attached hydrogens (tertiary/aromatic N) is 2. The normalized spacial score (nSPS) is 15.0. The number of rotatable bonds is 7. The lowest BCUT2D eigenvalue weighted by Gasteiger charge is -2.15. The molecule has 0 unspecified atom stereocenters. The molecule has 6 nitrogen and oxygen atoms in total. The van der Waals surface area contributed by atoms with E-state index in [9.17, 15) is 13.2 Å². The molecule has 1 aliphatic heterocycles. The first-order valence-electron chi connectivity index (χ1n) is 9.23. The van der Waals surface area contributed by atoms with E-state index in [1.54, 1.807) is 24.3 Å². The molecule has 3 rings (SSSR count). The molecule has 2 aromatic rings. The van der Waals surface area contributed by atoms with Gasteiger partial charge in [0.15, 0.2) is 0 Å². The van der Waals surface area contributed by atoms with E-state index in [2.05, 4.69) is 10.3 Å². The first kappa shape index (κ1) is 19.5. The van der Waals surface area contributed by atoms with Gasteiger partial charge < -0.3 is 5.32 Å². The average molecular weight is 388 g/mol. The molecule has 0 aliphatic carbocycles. The summed E-state index contributed by atoms with van der Waals surface area (Å²) in [6, 6.07) is 12.6.